The molecule has 1 N–H and O–H groups in total. The summed E-state index contributed by atoms with van der Waals surface area (Å²) in [5.41, 5.74) is 2.09. The third kappa shape index (κ3) is 3.20. The van der Waals surface area contributed by atoms with Crippen LogP contribution in [0.15, 0.2) is 11.6 Å². The van der Waals surface area contributed by atoms with Crippen LogP contribution in [0, 0.1) is 13.8 Å². The molecular formula is C13H19N5S. The lowest BCUT2D eigenvalue weighted by Crippen LogP contribution is -2.16. The van der Waals surface area contributed by atoms with E-state index in [0.717, 1.165) is 22.1 Å². The van der Waals surface area contributed by atoms with E-state index in [2.05, 4.69) is 32.6 Å². The highest BCUT2D eigenvalue weighted by atomic mass is 32.1. The Morgan fingerprint density at radius 1 is 1.26 bits per heavy atom. The van der Waals surface area contributed by atoms with Crippen LogP contribution in [-0.4, -0.2) is 29.0 Å². The van der Waals surface area contributed by atoms with Crippen LogP contribution in [0.2, 0.25) is 0 Å². The van der Waals surface area contributed by atoms with Crippen LogP contribution < -0.4 is 10.2 Å². The Morgan fingerprint density at radius 3 is 2.58 bits per heavy atom. The van der Waals surface area contributed by atoms with Crippen molar-refractivity contribution in [3.63, 3.8) is 0 Å². The highest BCUT2D eigenvalue weighted by molar-refractivity contribution is 7.09. The lowest BCUT2D eigenvalue weighted by atomic mass is 10.2. The average molecular weight is 277 g/mol. The molecule has 5 nitrogen and oxygen atoms in total. The fraction of sp³-hybridized carbons (Fsp3) is 0.462. The first-order chi connectivity index (χ1) is 8.97. The Bertz CT molecular complexity index is 564. The maximum Gasteiger partial charge on any atom is 0.225 e. The van der Waals surface area contributed by atoms with Crippen LogP contribution in [-0.2, 0) is 0 Å². The van der Waals surface area contributed by atoms with Gasteiger partial charge in [-0.15, -0.1) is 11.3 Å². The molecule has 102 valence electrons. The van der Waals surface area contributed by atoms with E-state index in [0.29, 0.717) is 5.95 Å². The molecule has 0 radical (unpaired) electrons. The third-order valence-corrected chi connectivity index (χ3v) is 3.59. The van der Waals surface area contributed by atoms with Gasteiger partial charge in [0.25, 0.3) is 0 Å². The number of anilines is 2. The fourth-order valence-electron chi connectivity index (χ4n) is 1.80. The molecule has 6 heteroatoms. The quantitative estimate of drug-likeness (QED) is 0.931. The first-order valence-corrected chi connectivity index (χ1v) is 7.05. The number of aromatic nitrogens is 3. The summed E-state index contributed by atoms with van der Waals surface area (Å²) < 4.78 is 0. The van der Waals surface area contributed by atoms with Crippen LogP contribution in [0.5, 0.6) is 0 Å². The van der Waals surface area contributed by atoms with Crippen LogP contribution in [0.3, 0.4) is 0 Å². The summed E-state index contributed by atoms with van der Waals surface area (Å²) in [6.07, 6.45) is 1.84. The van der Waals surface area contributed by atoms with Gasteiger partial charge in [0.05, 0.1) is 16.7 Å². The van der Waals surface area contributed by atoms with Gasteiger partial charge in [-0.2, -0.15) is 4.98 Å². The minimum absolute atomic E-state index is 0.0997. The van der Waals surface area contributed by atoms with Gasteiger partial charge in [-0.1, -0.05) is 0 Å². The molecule has 0 spiro atoms. The molecule has 2 aromatic heterocycles. The highest BCUT2D eigenvalue weighted by Crippen LogP contribution is 2.21. The predicted octanol–water partition coefficient (Wildman–Crippen LogP) is 2.79. The van der Waals surface area contributed by atoms with Gasteiger partial charge in [0, 0.05) is 31.2 Å². The Morgan fingerprint density at radius 2 is 2.00 bits per heavy atom. The van der Waals surface area contributed by atoms with E-state index in [1.807, 2.05) is 39.0 Å². The number of thiazole rings is 1. The molecular weight excluding hydrogens is 258 g/mol. The molecule has 2 rings (SSSR count). The molecule has 2 heterocycles. The van der Waals surface area contributed by atoms with Crippen molar-refractivity contribution in [1.29, 1.82) is 0 Å². The Kier molecular flexibility index (Phi) is 3.99. The Balaban J connectivity index is 2.17. The topological polar surface area (TPSA) is 53.9 Å². The van der Waals surface area contributed by atoms with Crippen LogP contribution in [0.25, 0.3) is 0 Å². The van der Waals surface area contributed by atoms with Crippen molar-refractivity contribution < 1.29 is 0 Å². The second-order valence-corrected chi connectivity index (χ2v) is 5.81. The number of hydrogen-bond acceptors (Lipinski definition) is 6. The number of nitrogens with zero attached hydrogens (tertiary/aromatic N) is 4. The van der Waals surface area contributed by atoms with E-state index in [4.69, 9.17) is 0 Å². The highest BCUT2D eigenvalue weighted by Gasteiger charge is 2.12. The number of nitrogens with one attached hydrogen (secondary N) is 1. The molecule has 0 fully saturated rings. The third-order valence-electron chi connectivity index (χ3n) is 2.79. The first-order valence-electron chi connectivity index (χ1n) is 6.17. The van der Waals surface area contributed by atoms with E-state index >= 15 is 0 Å². The summed E-state index contributed by atoms with van der Waals surface area (Å²) in [6.45, 7) is 6.08. The maximum absolute atomic E-state index is 4.52. The number of rotatable bonds is 4. The van der Waals surface area contributed by atoms with Crippen molar-refractivity contribution in [3.8, 4) is 0 Å². The van der Waals surface area contributed by atoms with E-state index in [-0.39, 0.29) is 6.04 Å². The molecule has 0 aliphatic heterocycles. The smallest absolute Gasteiger partial charge is 0.225 e. The monoisotopic (exact) mass is 277 g/mol. The van der Waals surface area contributed by atoms with Crippen molar-refractivity contribution in [2.75, 3.05) is 24.3 Å². The Hall–Kier alpha value is -1.69. The zero-order valence-corrected chi connectivity index (χ0v) is 12.7. The first kappa shape index (κ1) is 13.7. The molecule has 0 aliphatic carbocycles. The molecule has 0 saturated heterocycles. The molecule has 19 heavy (non-hydrogen) atoms. The van der Waals surface area contributed by atoms with Gasteiger partial charge in [0.15, 0.2) is 0 Å². The number of aryl methyl sites for hydroxylation is 2. The normalized spacial score (nSPS) is 12.3. The fourth-order valence-corrected chi connectivity index (χ4v) is 2.51. The SMILES string of the molecule is Cc1nc([C@H](C)Nc2ncc(C)c(N(C)C)n2)cs1. The van der Waals surface area contributed by atoms with E-state index in [9.17, 15) is 0 Å². The predicted molar refractivity (Wildman–Crippen MR) is 80.0 cm³/mol. The zero-order valence-electron chi connectivity index (χ0n) is 11.9. The lowest BCUT2D eigenvalue weighted by Gasteiger charge is -2.17. The molecule has 0 amide bonds. The van der Waals surface area contributed by atoms with E-state index in [1.165, 1.54) is 0 Å². The summed E-state index contributed by atoms with van der Waals surface area (Å²) in [4.78, 5) is 15.3. The summed E-state index contributed by atoms with van der Waals surface area (Å²) in [5.74, 6) is 1.56. The van der Waals surface area contributed by atoms with Crippen molar-refractivity contribution >= 4 is 23.1 Å². The lowest BCUT2D eigenvalue weighted by molar-refractivity contribution is 0.824. The van der Waals surface area contributed by atoms with Crippen molar-refractivity contribution in [2.24, 2.45) is 0 Å². The van der Waals surface area contributed by atoms with Gasteiger partial charge in [-0.05, 0) is 20.8 Å². The van der Waals surface area contributed by atoms with Crippen molar-refractivity contribution in [2.45, 2.75) is 26.8 Å². The Labute approximate surface area is 117 Å². The molecule has 1 atom stereocenters. The van der Waals surface area contributed by atoms with Gasteiger partial charge in [0.2, 0.25) is 5.95 Å². The summed E-state index contributed by atoms with van der Waals surface area (Å²) in [5, 5.41) is 6.42. The van der Waals surface area contributed by atoms with Crippen LogP contribution in [0.1, 0.15) is 29.2 Å². The molecule has 0 aliphatic rings. The minimum Gasteiger partial charge on any atom is -0.362 e. The van der Waals surface area contributed by atoms with Gasteiger partial charge in [-0.25, -0.2) is 9.97 Å². The zero-order chi connectivity index (χ0) is 14.0. The average Bonchev–Trinajstić information content (AvgIpc) is 2.78. The largest absolute Gasteiger partial charge is 0.362 e. The molecule has 0 unspecified atom stereocenters. The van der Waals surface area contributed by atoms with Gasteiger partial charge in [-0.3, -0.25) is 0 Å². The molecule has 0 saturated carbocycles. The molecule has 0 bridgehead atoms. The maximum atomic E-state index is 4.52. The summed E-state index contributed by atoms with van der Waals surface area (Å²) in [7, 11) is 3.96. The standard InChI is InChI=1S/C13H19N5S/c1-8-6-14-13(17-12(8)18(4)5)15-9(2)11-7-19-10(3)16-11/h6-7,9H,1-5H3,(H,14,15,17)/t9-/m0/s1. The molecule has 0 aromatic carbocycles. The van der Waals surface area contributed by atoms with Crippen molar-refractivity contribution in [1.82, 2.24) is 15.0 Å². The number of hydrogen-bond donors (Lipinski definition) is 1. The van der Waals surface area contributed by atoms with Crippen molar-refractivity contribution in [3.05, 3.63) is 27.8 Å². The van der Waals surface area contributed by atoms with Crippen LogP contribution >= 0.6 is 11.3 Å². The van der Waals surface area contributed by atoms with Gasteiger partial charge >= 0.3 is 0 Å². The van der Waals surface area contributed by atoms with Crippen LogP contribution in [0.4, 0.5) is 11.8 Å². The van der Waals surface area contributed by atoms with Gasteiger partial charge in [0.1, 0.15) is 5.82 Å². The second-order valence-electron chi connectivity index (χ2n) is 4.75. The molecule has 2 aromatic rings. The van der Waals surface area contributed by atoms with E-state index in [1.54, 1.807) is 11.3 Å². The summed E-state index contributed by atoms with van der Waals surface area (Å²) in [6, 6.07) is 0.0997. The van der Waals surface area contributed by atoms with Gasteiger partial charge < -0.3 is 10.2 Å². The second kappa shape index (κ2) is 5.52. The summed E-state index contributed by atoms with van der Waals surface area (Å²) >= 11 is 1.65. The van der Waals surface area contributed by atoms with E-state index < -0.39 is 0 Å². The minimum atomic E-state index is 0.0997.